The highest BCUT2D eigenvalue weighted by Gasteiger charge is 2.17. The van der Waals surface area contributed by atoms with Crippen LogP contribution in [0.3, 0.4) is 0 Å². The van der Waals surface area contributed by atoms with Gasteiger partial charge in [0.1, 0.15) is 0 Å². The lowest BCUT2D eigenvalue weighted by molar-refractivity contribution is 0.507. The van der Waals surface area contributed by atoms with Crippen LogP contribution in [-0.4, -0.2) is 17.6 Å². The molecule has 0 saturated carbocycles. The monoisotopic (exact) mass is 268 g/mol. The summed E-state index contributed by atoms with van der Waals surface area (Å²) in [6, 6.07) is 4.81. The second kappa shape index (κ2) is 7.63. The van der Waals surface area contributed by atoms with E-state index in [4.69, 9.17) is 11.6 Å². The Morgan fingerprint density at radius 1 is 1.28 bits per heavy atom. The number of nitrogens with zero attached hydrogens (tertiary/aromatic N) is 2. The van der Waals surface area contributed by atoms with E-state index in [0.29, 0.717) is 17.8 Å². The van der Waals surface area contributed by atoms with Crippen LogP contribution in [0.5, 0.6) is 0 Å². The van der Waals surface area contributed by atoms with Gasteiger partial charge in [-0.05, 0) is 30.9 Å². The first-order valence-corrected chi connectivity index (χ1v) is 7.43. The van der Waals surface area contributed by atoms with Crippen LogP contribution in [0.1, 0.15) is 46.2 Å². The molecule has 0 amide bonds. The lowest BCUT2D eigenvalue weighted by atomic mass is 10.1. The van der Waals surface area contributed by atoms with Gasteiger partial charge in [-0.15, -0.1) is 11.6 Å². The van der Waals surface area contributed by atoms with Gasteiger partial charge in [-0.3, -0.25) is 4.98 Å². The molecule has 2 nitrogen and oxygen atoms in total. The molecule has 102 valence electrons. The van der Waals surface area contributed by atoms with Crippen molar-refractivity contribution < 1.29 is 0 Å². The number of rotatable bonds is 7. The molecule has 0 atom stereocenters. The summed E-state index contributed by atoms with van der Waals surface area (Å²) in [6.45, 7) is 10.1. The molecule has 1 aromatic heterocycles. The van der Waals surface area contributed by atoms with Crippen molar-refractivity contribution in [2.75, 3.05) is 11.4 Å². The quantitative estimate of drug-likeness (QED) is 0.678. The molecular weight excluding hydrogens is 244 g/mol. The summed E-state index contributed by atoms with van der Waals surface area (Å²) in [5, 5.41) is 0. The van der Waals surface area contributed by atoms with Crippen LogP contribution in [0.4, 0.5) is 5.69 Å². The third kappa shape index (κ3) is 4.16. The molecule has 1 heterocycles. The van der Waals surface area contributed by atoms with Crippen LogP contribution in [0.15, 0.2) is 18.3 Å². The summed E-state index contributed by atoms with van der Waals surface area (Å²) in [6.07, 6.45) is 4.20. The van der Waals surface area contributed by atoms with Gasteiger partial charge < -0.3 is 4.90 Å². The zero-order valence-electron chi connectivity index (χ0n) is 12.0. The van der Waals surface area contributed by atoms with Crippen LogP contribution in [0.25, 0.3) is 0 Å². The fourth-order valence-corrected chi connectivity index (χ4v) is 2.45. The van der Waals surface area contributed by atoms with E-state index in [0.717, 1.165) is 12.2 Å². The first kappa shape index (κ1) is 15.3. The molecule has 0 saturated heterocycles. The molecule has 0 aliphatic rings. The summed E-state index contributed by atoms with van der Waals surface area (Å²) in [5.41, 5.74) is 2.21. The maximum Gasteiger partial charge on any atom is 0.0648 e. The number of aromatic nitrogens is 1. The number of alkyl halides is 1. The Balaban J connectivity index is 2.99. The number of hydrogen-bond acceptors (Lipinski definition) is 2. The number of anilines is 1. The van der Waals surface area contributed by atoms with E-state index in [1.165, 1.54) is 18.5 Å². The van der Waals surface area contributed by atoms with Crippen molar-refractivity contribution in [3.63, 3.8) is 0 Å². The second-order valence-corrected chi connectivity index (χ2v) is 5.42. The first-order valence-electron chi connectivity index (χ1n) is 6.89. The lowest BCUT2D eigenvalue weighted by Crippen LogP contribution is -2.37. The third-order valence-electron chi connectivity index (χ3n) is 3.21. The summed E-state index contributed by atoms with van der Waals surface area (Å²) >= 11 is 5.88. The van der Waals surface area contributed by atoms with Crippen molar-refractivity contribution in [1.29, 1.82) is 0 Å². The second-order valence-electron chi connectivity index (χ2n) is 5.16. The van der Waals surface area contributed by atoms with E-state index >= 15 is 0 Å². The topological polar surface area (TPSA) is 16.1 Å². The zero-order valence-corrected chi connectivity index (χ0v) is 12.7. The SMILES string of the molecule is CCC(CC)N(CC(C)C)c1ccnc(CCl)c1. The van der Waals surface area contributed by atoms with E-state index < -0.39 is 0 Å². The van der Waals surface area contributed by atoms with E-state index in [2.05, 4.69) is 49.7 Å². The highest BCUT2D eigenvalue weighted by molar-refractivity contribution is 6.16. The van der Waals surface area contributed by atoms with Gasteiger partial charge in [-0.1, -0.05) is 27.7 Å². The highest BCUT2D eigenvalue weighted by atomic mass is 35.5. The summed E-state index contributed by atoms with van der Waals surface area (Å²) in [7, 11) is 0. The molecule has 18 heavy (non-hydrogen) atoms. The molecule has 0 aromatic carbocycles. The van der Waals surface area contributed by atoms with Gasteiger partial charge in [-0.25, -0.2) is 0 Å². The van der Waals surface area contributed by atoms with Crippen LogP contribution >= 0.6 is 11.6 Å². The van der Waals surface area contributed by atoms with Crippen molar-refractivity contribution in [1.82, 2.24) is 4.98 Å². The maximum absolute atomic E-state index is 5.88. The van der Waals surface area contributed by atoms with Crippen molar-refractivity contribution in [3.05, 3.63) is 24.0 Å². The summed E-state index contributed by atoms with van der Waals surface area (Å²) in [5.74, 6) is 1.13. The molecule has 0 fully saturated rings. The van der Waals surface area contributed by atoms with E-state index in [1.54, 1.807) is 0 Å². The Morgan fingerprint density at radius 3 is 2.44 bits per heavy atom. The van der Waals surface area contributed by atoms with Crippen LogP contribution < -0.4 is 4.90 Å². The van der Waals surface area contributed by atoms with Gasteiger partial charge >= 0.3 is 0 Å². The van der Waals surface area contributed by atoms with Gasteiger partial charge in [0, 0.05) is 24.5 Å². The van der Waals surface area contributed by atoms with E-state index in [9.17, 15) is 0 Å². The zero-order chi connectivity index (χ0) is 13.5. The number of pyridine rings is 1. The van der Waals surface area contributed by atoms with Gasteiger partial charge in [0.15, 0.2) is 0 Å². The molecule has 1 rings (SSSR count). The Kier molecular flexibility index (Phi) is 6.48. The standard InChI is InChI=1S/C15H25ClN2/c1-5-14(6-2)18(11-12(3)4)15-7-8-17-13(9-15)10-16/h7-9,12,14H,5-6,10-11H2,1-4H3. The molecular formula is C15H25ClN2. The molecule has 0 unspecified atom stereocenters. The normalized spacial score (nSPS) is 11.3. The average Bonchev–Trinajstić information content (AvgIpc) is 2.38. The number of hydrogen-bond donors (Lipinski definition) is 0. The smallest absolute Gasteiger partial charge is 0.0648 e. The van der Waals surface area contributed by atoms with Crippen LogP contribution in [0.2, 0.25) is 0 Å². The van der Waals surface area contributed by atoms with Crippen molar-refractivity contribution in [2.45, 2.75) is 52.5 Å². The van der Waals surface area contributed by atoms with E-state index in [-0.39, 0.29) is 0 Å². The van der Waals surface area contributed by atoms with Gasteiger partial charge in [0.05, 0.1) is 11.6 Å². The molecule has 1 aromatic rings. The third-order valence-corrected chi connectivity index (χ3v) is 3.49. The molecule has 0 radical (unpaired) electrons. The first-order chi connectivity index (χ1) is 8.62. The Morgan fingerprint density at radius 2 is 1.94 bits per heavy atom. The molecule has 0 N–H and O–H groups in total. The number of halogens is 1. The molecule has 0 aliphatic carbocycles. The minimum atomic E-state index is 0.478. The average molecular weight is 269 g/mol. The van der Waals surface area contributed by atoms with Crippen molar-refractivity contribution in [3.8, 4) is 0 Å². The predicted molar refractivity (Wildman–Crippen MR) is 80.3 cm³/mol. The predicted octanol–water partition coefficient (Wildman–Crippen LogP) is 4.47. The highest BCUT2D eigenvalue weighted by Crippen LogP contribution is 2.22. The van der Waals surface area contributed by atoms with Gasteiger partial charge in [0.25, 0.3) is 0 Å². The minimum absolute atomic E-state index is 0.478. The lowest BCUT2D eigenvalue weighted by Gasteiger charge is -2.34. The minimum Gasteiger partial charge on any atom is -0.368 e. The molecule has 0 aliphatic heterocycles. The van der Waals surface area contributed by atoms with Crippen molar-refractivity contribution in [2.24, 2.45) is 5.92 Å². The Hall–Kier alpha value is -0.760. The van der Waals surface area contributed by atoms with Crippen LogP contribution in [-0.2, 0) is 5.88 Å². The molecule has 3 heteroatoms. The van der Waals surface area contributed by atoms with Gasteiger partial charge in [0.2, 0.25) is 0 Å². The Labute approximate surface area is 116 Å². The van der Waals surface area contributed by atoms with Crippen LogP contribution in [0, 0.1) is 5.92 Å². The fraction of sp³-hybridized carbons (Fsp3) is 0.667. The summed E-state index contributed by atoms with van der Waals surface area (Å²) < 4.78 is 0. The molecule has 0 spiro atoms. The Bertz CT molecular complexity index is 348. The molecule has 0 bridgehead atoms. The summed E-state index contributed by atoms with van der Waals surface area (Å²) in [4.78, 5) is 6.77. The van der Waals surface area contributed by atoms with E-state index in [1.807, 2.05) is 6.20 Å². The fourth-order valence-electron chi connectivity index (χ4n) is 2.31. The maximum atomic E-state index is 5.88. The van der Waals surface area contributed by atoms with Crippen molar-refractivity contribution >= 4 is 17.3 Å². The van der Waals surface area contributed by atoms with Gasteiger partial charge in [-0.2, -0.15) is 0 Å². The largest absolute Gasteiger partial charge is 0.368 e.